The summed E-state index contributed by atoms with van der Waals surface area (Å²) in [5.41, 5.74) is 1.25. The molecule has 0 heterocycles. The molecule has 1 saturated carbocycles. The van der Waals surface area contributed by atoms with Crippen LogP contribution < -0.4 is 5.32 Å². The van der Waals surface area contributed by atoms with E-state index in [1.54, 1.807) is 0 Å². The smallest absolute Gasteiger partial charge is 0.175 e. The van der Waals surface area contributed by atoms with E-state index >= 15 is 0 Å². The molecule has 0 bridgehead atoms. The molecule has 0 spiro atoms. The Morgan fingerprint density at radius 1 is 1.29 bits per heavy atom. The minimum absolute atomic E-state index is 0.00393. The van der Waals surface area contributed by atoms with Crippen molar-refractivity contribution < 1.29 is 4.79 Å². The third-order valence-corrected chi connectivity index (χ3v) is 3.72. The molecule has 0 amide bonds. The predicted molar refractivity (Wildman–Crippen MR) is 66.1 cm³/mol. The Morgan fingerprint density at radius 3 is 2.53 bits per heavy atom. The molecule has 2 rings (SSSR count). The van der Waals surface area contributed by atoms with E-state index in [9.17, 15) is 4.79 Å². The first-order valence-corrected chi connectivity index (χ1v) is 6.45. The molecule has 3 heteroatoms. The molecule has 2 aliphatic carbocycles. The van der Waals surface area contributed by atoms with Gasteiger partial charge in [-0.3, -0.25) is 4.79 Å². The van der Waals surface area contributed by atoms with Gasteiger partial charge in [0, 0.05) is 18.2 Å². The summed E-state index contributed by atoms with van der Waals surface area (Å²) in [6, 6.07) is 2.55. The highest BCUT2D eigenvalue weighted by Crippen LogP contribution is 2.36. The standard InChI is InChI=1S/C14H20N2O/c1-14(2)7-12(11(9-15)13(17)8-14)16-10-5-3-4-6-10/h10,16H,3-8H2,1-2H3. The van der Waals surface area contributed by atoms with E-state index in [0.717, 1.165) is 25.0 Å². The number of allylic oxidation sites excluding steroid dienone is 2. The fourth-order valence-electron chi connectivity index (χ4n) is 2.89. The molecule has 0 aromatic rings. The largest absolute Gasteiger partial charge is 0.384 e. The number of carbonyl (C=O) groups excluding carboxylic acids is 1. The van der Waals surface area contributed by atoms with Crippen LogP contribution in [0.2, 0.25) is 0 Å². The summed E-state index contributed by atoms with van der Waals surface area (Å²) in [5.74, 6) is 0.00393. The van der Waals surface area contributed by atoms with Crippen LogP contribution >= 0.6 is 0 Å². The maximum Gasteiger partial charge on any atom is 0.175 e. The molecular formula is C14H20N2O. The van der Waals surface area contributed by atoms with Gasteiger partial charge in [0.1, 0.15) is 11.6 Å². The zero-order valence-electron chi connectivity index (χ0n) is 10.7. The maximum atomic E-state index is 11.9. The van der Waals surface area contributed by atoms with Gasteiger partial charge in [-0.2, -0.15) is 5.26 Å². The summed E-state index contributed by atoms with van der Waals surface area (Å²) in [6.07, 6.45) is 6.14. The SMILES string of the molecule is CC1(C)CC(=O)C(C#N)=C(NC2CCCC2)C1. The quantitative estimate of drug-likeness (QED) is 0.796. The number of carbonyl (C=O) groups is 1. The van der Waals surface area contributed by atoms with Crippen molar-refractivity contribution in [1.82, 2.24) is 5.32 Å². The minimum Gasteiger partial charge on any atom is -0.384 e. The van der Waals surface area contributed by atoms with Crippen molar-refractivity contribution in [3.63, 3.8) is 0 Å². The van der Waals surface area contributed by atoms with Gasteiger partial charge in [0.2, 0.25) is 0 Å². The molecule has 0 saturated heterocycles. The number of nitrogens with one attached hydrogen (secondary N) is 1. The Labute approximate surface area is 103 Å². The molecule has 0 atom stereocenters. The molecule has 0 aromatic heterocycles. The van der Waals surface area contributed by atoms with Crippen molar-refractivity contribution in [2.24, 2.45) is 5.41 Å². The van der Waals surface area contributed by atoms with Crippen LogP contribution in [0.25, 0.3) is 0 Å². The van der Waals surface area contributed by atoms with E-state index in [1.165, 1.54) is 12.8 Å². The maximum absolute atomic E-state index is 11.9. The van der Waals surface area contributed by atoms with Gasteiger partial charge in [0.15, 0.2) is 5.78 Å². The van der Waals surface area contributed by atoms with Crippen LogP contribution in [-0.2, 0) is 4.79 Å². The lowest BCUT2D eigenvalue weighted by atomic mass is 9.76. The Bertz CT molecular complexity index is 395. The van der Waals surface area contributed by atoms with Crippen molar-refractivity contribution in [3.8, 4) is 6.07 Å². The molecule has 92 valence electrons. The Morgan fingerprint density at radius 2 is 1.94 bits per heavy atom. The lowest BCUT2D eigenvalue weighted by Gasteiger charge is -2.32. The molecule has 17 heavy (non-hydrogen) atoms. The Kier molecular flexibility index (Phi) is 3.24. The highest BCUT2D eigenvalue weighted by Gasteiger charge is 2.34. The summed E-state index contributed by atoms with van der Waals surface area (Å²) in [4.78, 5) is 11.9. The summed E-state index contributed by atoms with van der Waals surface area (Å²) < 4.78 is 0. The number of rotatable bonds is 2. The molecule has 1 N–H and O–H groups in total. The monoisotopic (exact) mass is 232 g/mol. The van der Waals surface area contributed by atoms with E-state index in [2.05, 4.69) is 25.2 Å². The normalized spacial score (nSPS) is 24.9. The summed E-state index contributed by atoms with van der Waals surface area (Å²) in [7, 11) is 0. The van der Waals surface area contributed by atoms with Crippen molar-refractivity contribution in [2.45, 2.75) is 58.4 Å². The fraction of sp³-hybridized carbons (Fsp3) is 0.714. The molecular weight excluding hydrogens is 212 g/mol. The molecule has 0 radical (unpaired) electrons. The lowest BCUT2D eigenvalue weighted by molar-refractivity contribution is -0.117. The molecule has 1 fully saturated rings. The van der Waals surface area contributed by atoms with Crippen LogP contribution in [0.15, 0.2) is 11.3 Å². The zero-order valence-corrected chi connectivity index (χ0v) is 10.7. The number of ketones is 1. The first-order chi connectivity index (χ1) is 8.02. The minimum atomic E-state index is -0.0155. The second kappa shape index (κ2) is 4.52. The van der Waals surface area contributed by atoms with Crippen molar-refractivity contribution >= 4 is 5.78 Å². The predicted octanol–water partition coefficient (Wildman–Crippen LogP) is 2.69. The fourth-order valence-corrected chi connectivity index (χ4v) is 2.89. The first kappa shape index (κ1) is 12.2. The van der Waals surface area contributed by atoms with Gasteiger partial charge in [-0.25, -0.2) is 0 Å². The third-order valence-electron chi connectivity index (χ3n) is 3.72. The van der Waals surface area contributed by atoms with Crippen LogP contribution in [0.1, 0.15) is 52.4 Å². The number of hydrogen-bond acceptors (Lipinski definition) is 3. The second-order valence-electron chi connectivity index (χ2n) is 6.03. The Balaban J connectivity index is 2.20. The molecule has 0 aromatic carbocycles. The molecule has 3 nitrogen and oxygen atoms in total. The zero-order chi connectivity index (χ0) is 12.5. The average molecular weight is 232 g/mol. The van der Waals surface area contributed by atoms with Crippen LogP contribution in [0.3, 0.4) is 0 Å². The highest BCUT2D eigenvalue weighted by atomic mass is 16.1. The molecule has 0 unspecified atom stereocenters. The van der Waals surface area contributed by atoms with Crippen LogP contribution in [0.5, 0.6) is 0 Å². The van der Waals surface area contributed by atoms with Gasteiger partial charge in [0.25, 0.3) is 0 Å². The van der Waals surface area contributed by atoms with Crippen molar-refractivity contribution in [2.75, 3.05) is 0 Å². The topological polar surface area (TPSA) is 52.9 Å². The van der Waals surface area contributed by atoms with Crippen LogP contribution in [-0.4, -0.2) is 11.8 Å². The van der Waals surface area contributed by atoms with Gasteiger partial charge >= 0.3 is 0 Å². The Hall–Kier alpha value is -1.30. The molecule has 0 aliphatic heterocycles. The van der Waals surface area contributed by atoms with E-state index in [1.807, 2.05) is 0 Å². The second-order valence-corrected chi connectivity index (χ2v) is 6.03. The third kappa shape index (κ3) is 2.69. The van der Waals surface area contributed by atoms with E-state index < -0.39 is 0 Å². The van der Waals surface area contributed by atoms with E-state index in [-0.39, 0.29) is 11.2 Å². The van der Waals surface area contributed by atoms with Crippen molar-refractivity contribution in [3.05, 3.63) is 11.3 Å². The number of nitrogens with zero attached hydrogens (tertiary/aromatic N) is 1. The van der Waals surface area contributed by atoms with Gasteiger partial charge in [-0.15, -0.1) is 0 Å². The van der Waals surface area contributed by atoms with Crippen LogP contribution in [0.4, 0.5) is 0 Å². The lowest BCUT2D eigenvalue weighted by Crippen LogP contribution is -2.35. The summed E-state index contributed by atoms with van der Waals surface area (Å²) in [6.45, 7) is 4.19. The van der Waals surface area contributed by atoms with Gasteiger partial charge in [0.05, 0.1) is 0 Å². The summed E-state index contributed by atoms with van der Waals surface area (Å²) >= 11 is 0. The number of hydrogen-bond donors (Lipinski definition) is 1. The highest BCUT2D eigenvalue weighted by molar-refractivity contribution is 6.01. The van der Waals surface area contributed by atoms with Crippen LogP contribution in [0, 0.1) is 16.7 Å². The van der Waals surface area contributed by atoms with E-state index in [0.29, 0.717) is 18.0 Å². The average Bonchev–Trinajstić information content (AvgIpc) is 2.68. The number of nitriles is 1. The van der Waals surface area contributed by atoms with Crippen molar-refractivity contribution in [1.29, 1.82) is 5.26 Å². The molecule has 2 aliphatic rings. The van der Waals surface area contributed by atoms with Gasteiger partial charge in [-0.1, -0.05) is 26.7 Å². The first-order valence-electron chi connectivity index (χ1n) is 6.45. The van der Waals surface area contributed by atoms with Gasteiger partial charge in [-0.05, 0) is 24.7 Å². The summed E-state index contributed by atoms with van der Waals surface area (Å²) in [5, 5.41) is 12.5. The van der Waals surface area contributed by atoms with E-state index in [4.69, 9.17) is 5.26 Å². The number of Topliss-reactive ketones (excluding diaryl/α,β-unsaturated/α-hetero) is 1. The van der Waals surface area contributed by atoms with Gasteiger partial charge < -0.3 is 5.32 Å².